The van der Waals surface area contributed by atoms with E-state index < -0.39 is 10.0 Å². The van der Waals surface area contributed by atoms with E-state index in [9.17, 15) is 13.2 Å². The molecular formula is C14H24N4O5S. The molecule has 0 spiro atoms. The van der Waals surface area contributed by atoms with E-state index in [1.54, 1.807) is 18.7 Å². The smallest absolute Gasteiger partial charge is 0.248 e. The lowest BCUT2D eigenvalue weighted by Crippen LogP contribution is -2.51. The van der Waals surface area contributed by atoms with Gasteiger partial charge in [-0.2, -0.15) is 4.31 Å². The summed E-state index contributed by atoms with van der Waals surface area (Å²) in [5, 5.41) is 3.70. The van der Waals surface area contributed by atoms with Crippen molar-refractivity contribution in [2.45, 2.75) is 31.3 Å². The number of aryl methyl sites for hydroxylation is 2. The van der Waals surface area contributed by atoms with E-state index in [1.807, 2.05) is 0 Å². The lowest BCUT2D eigenvalue weighted by molar-refractivity contribution is -0.134. The first kappa shape index (κ1) is 18.8. The second kappa shape index (κ2) is 7.60. The summed E-state index contributed by atoms with van der Waals surface area (Å²) in [6.07, 6.45) is -0.120. The third kappa shape index (κ3) is 3.77. The summed E-state index contributed by atoms with van der Waals surface area (Å²) in [4.78, 5) is 14.0. The van der Waals surface area contributed by atoms with Crippen LogP contribution in [-0.2, 0) is 19.6 Å². The van der Waals surface area contributed by atoms with Crippen molar-refractivity contribution >= 4 is 15.9 Å². The van der Waals surface area contributed by atoms with E-state index in [1.165, 1.54) is 11.4 Å². The number of sulfonamides is 1. The molecule has 10 heteroatoms. The van der Waals surface area contributed by atoms with E-state index in [4.69, 9.17) is 15.0 Å². The fourth-order valence-electron chi connectivity index (χ4n) is 2.74. The molecule has 24 heavy (non-hydrogen) atoms. The molecule has 1 aliphatic heterocycles. The van der Waals surface area contributed by atoms with Gasteiger partial charge in [-0.3, -0.25) is 4.79 Å². The lowest BCUT2D eigenvalue weighted by atomic mass is 10.2. The summed E-state index contributed by atoms with van der Waals surface area (Å²) in [5.74, 6) is 0.193. The minimum atomic E-state index is -3.67. The van der Waals surface area contributed by atoms with Gasteiger partial charge in [-0.25, -0.2) is 8.42 Å². The van der Waals surface area contributed by atoms with Crippen molar-refractivity contribution in [1.29, 1.82) is 0 Å². The number of rotatable bonds is 6. The molecule has 1 unspecified atom stereocenters. The quantitative estimate of drug-likeness (QED) is 0.725. The predicted octanol–water partition coefficient (Wildman–Crippen LogP) is -0.512. The van der Waals surface area contributed by atoms with Gasteiger partial charge in [0.2, 0.25) is 15.9 Å². The Kier molecular flexibility index (Phi) is 5.97. The van der Waals surface area contributed by atoms with E-state index in [0.29, 0.717) is 18.8 Å². The van der Waals surface area contributed by atoms with Gasteiger partial charge in [-0.1, -0.05) is 5.16 Å². The molecule has 2 heterocycles. The topological polar surface area (TPSA) is 119 Å². The van der Waals surface area contributed by atoms with Crippen molar-refractivity contribution < 1.29 is 22.5 Å². The van der Waals surface area contributed by atoms with Crippen molar-refractivity contribution in [2.24, 2.45) is 5.73 Å². The zero-order valence-electron chi connectivity index (χ0n) is 14.2. The Bertz CT molecular complexity index is 656. The molecule has 1 saturated heterocycles. The molecule has 1 aliphatic rings. The highest BCUT2D eigenvalue weighted by molar-refractivity contribution is 7.89. The van der Waals surface area contributed by atoms with Gasteiger partial charge in [-0.05, 0) is 13.8 Å². The van der Waals surface area contributed by atoms with Gasteiger partial charge in [0, 0.05) is 39.8 Å². The van der Waals surface area contributed by atoms with Crippen molar-refractivity contribution in [1.82, 2.24) is 14.4 Å². The SMILES string of the molecule is COC(CN)CC(=O)N1CCN(S(=O)(=O)c2c(C)noc2C)CC1. The van der Waals surface area contributed by atoms with E-state index in [2.05, 4.69) is 5.16 Å². The Hall–Kier alpha value is -1.49. The van der Waals surface area contributed by atoms with Gasteiger partial charge in [0.15, 0.2) is 5.76 Å². The first-order chi connectivity index (χ1) is 11.3. The highest BCUT2D eigenvalue weighted by Crippen LogP contribution is 2.24. The van der Waals surface area contributed by atoms with Crippen LogP contribution in [0, 0.1) is 13.8 Å². The summed E-state index contributed by atoms with van der Waals surface area (Å²) in [7, 11) is -2.15. The molecule has 0 saturated carbocycles. The van der Waals surface area contributed by atoms with Crippen LogP contribution in [0.25, 0.3) is 0 Å². The number of carbonyl (C=O) groups excluding carboxylic acids is 1. The van der Waals surface area contributed by atoms with Crippen LogP contribution < -0.4 is 5.73 Å². The Morgan fingerprint density at radius 3 is 2.42 bits per heavy atom. The number of nitrogens with two attached hydrogens (primary N) is 1. The molecule has 0 aliphatic carbocycles. The minimum absolute atomic E-state index is 0.0818. The van der Waals surface area contributed by atoms with Crippen molar-refractivity contribution in [3.8, 4) is 0 Å². The molecule has 1 amide bonds. The maximum Gasteiger partial charge on any atom is 0.248 e. The van der Waals surface area contributed by atoms with Crippen LogP contribution >= 0.6 is 0 Å². The number of ether oxygens (including phenoxy) is 1. The molecule has 136 valence electrons. The number of methoxy groups -OCH3 is 1. The van der Waals surface area contributed by atoms with Crippen LogP contribution in [0.2, 0.25) is 0 Å². The molecule has 9 nitrogen and oxygen atoms in total. The van der Waals surface area contributed by atoms with Gasteiger partial charge < -0.3 is 19.9 Å². The van der Waals surface area contributed by atoms with Crippen LogP contribution in [0.4, 0.5) is 0 Å². The number of hydrogen-bond donors (Lipinski definition) is 1. The van der Waals surface area contributed by atoms with Crippen LogP contribution in [-0.4, -0.2) is 74.6 Å². The summed E-state index contributed by atoms with van der Waals surface area (Å²) in [6, 6.07) is 0. The van der Waals surface area contributed by atoms with Crippen molar-refractivity contribution in [3.05, 3.63) is 11.5 Å². The minimum Gasteiger partial charge on any atom is -0.380 e. The predicted molar refractivity (Wildman–Crippen MR) is 85.8 cm³/mol. The van der Waals surface area contributed by atoms with Crippen molar-refractivity contribution in [3.63, 3.8) is 0 Å². The maximum absolute atomic E-state index is 12.7. The van der Waals surface area contributed by atoms with Crippen LogP contribution in [0.1, 0.15) is 17.9 Å². The summed E-state index contributed by atoms with van der Waals surface area (Å²) < 4.78 is 36.9. The maximum atomic E-state index is 12.7. The van der Waals surface area contributed by atoms with Gasteiger partial charge >= 0.3 is 0 Å². The van der Waals surface area contributed by atoms with E-state index in [-0.39, 0.29) is 48.7 Å². The molecule has 1 fully saturated rings. The third-order valence-electron chi connectivity index (χ3n) is 4.16. The Morgan fingerprint density at radius 2 is 1.96 bits per heavy atom. The standard InChI is InChI=1S/C14H24N4O5S/c1-10-14(11(2)23-16-10)24(20,21)18-6-4-17(5-7-18)13(19)8-12(9-15)22-3/h12H,4-9,15H2,1-3H3. The molecule has 0 bridgehead atoms. The zero-order valence-corrected chi connectivity index (χ0v) is 15.0. The highest BCUT2D eigenvalue weighted by atomic mass is 32.2. The molecule has 1 atom stereocenters. The molecule has 0 radical (unpaired) electrons. The van der Waals surface area contributed by atoms with E-state index in [0.717, 1.165) is 0 Å². The number of hydrogen-bond acceptors (Lipinski definition) is 7. The summed E-state index contributed by atoms with van der Waals surface area (Å²) in [5.41, 5.74) is 5.87. The molecule has 2 rings (SSSR count). The van der Waals surface area contributed by atoms with Crippen molar-refractivity contribution in [2.75, 3.05) is 39.8 Å². The summed E-state index contributed by atoms with van der Waals surface area (Å²) in [6.45, 7) is 4.58. The van der Waals surface area contributed by atoms with Crippen LogP contribution in [0.5, 0.6) is 0 Å². The number of amides is 1. The third-order valence-corrected chi connectivity index (χ3v) is 6.30. The average Bonchev–Trinajstić information content (AvgIpc) is 2.91. The summed E-state index contributed by atoms with van der Waals surface area (Å²) >= 11 is 0. The molecular weight excluding hydrogens is 336 g/mol. The fraction of sp³-hybridized carbons (Fsp3) is 0.714. The van der Waals surface area contributed by atoms with E-state index >= 15 is 0 Å². The number of carbonyl (C=O) groups is 1. The first-order valence-electron chi connectivity index (χ1n) is 7.75. The molecule has 1 aromatic rings. The lowest BCUT2D eigenvalue weighted by Gasteiger charge is -2.34. The fourth-order valence-corrected chi connectivity index (χ4v) is 4.45. The normalized spacial score (nSPS) is 17.9. The Balaban J connectivity index is 2.01. The van der Waals surface area contributed by atoms with Gasteiger partial charge in [0.25, 0.3) is 0 Å². The van der Waals surface area contributed by atoms with Gasteiger partial charge in [0.1, 0.15) is 10.6 Å². The molecule has 2 N–H and O–H groups in total. The molecule has 0 aromatic carbocycles. The monoisotopic (exact) mass is 360 g/mol. The first-order valence-corrected chi connectivity index (χ1v) is 9.19. The zero-order chi connectivity index (χ0) is 17.9. The highest BCUT2D eigenvalue weighted by Gasteiger charge is 2.34. The number of piperazine rings is 1. The average molecular weight is 360 g/mol. The molecule has 1 aromatic heterocycles. The largest absolute Gasteiger partial charge is 0.380 e. The van der Waals surface area contributed by atoms with Crippen LogP contribution in [0.3, 0.4) is 0 Å². The van der Waals surface area contributed by atoms with Gasteiger partial charge in [-0.15, -0.1) is 0 Å². The Morgan fingerprint density at radius 1 is 1.33 bits per heavy atom. The van der Waals surface area contributed by atoms with Crippen LogP contribution in [0.15, 0.2) is 9.42 Å². The second-order valence-corrected chi connectivity index (χ2v) is 7.61. The number of nitrogens with zero attached hydrogens (tertiary/aromatic N) is 3. The second-order valence-electron chi connectivity index (χ2n) is 5.74. The van der Waals surface area contributed by atoms with Gasteiger partial charge in [0.05, 0.1) is 12.5 Å². The Labute approximate surface area is 141 Å². The number of aromatic nitrogens is 1.